The van der Waals surface area contributed by atoms with E-state index in [1.807, 2.05) is 4.90 Å². The SMILES string of the molecule is O=C(O)CCCC(=O)N(CCCO)C1CCC1. The predicted octanol–water partition coefficient (Wildman–Crippen LogP) is 1.00. The number of hydrogen-bond acceptors (Lipinski definition) is 3. The quantitative estimate of drug-likeness (QED) is 0.667. The van der Waals surface area contributed by atoms with Gasteiger partial charge in [0, 0.05) is 32.0 Å². The van der Waals surface area contributed by atoms with Gasteiger partial charge in [-0.25, -0.2) is 0 Å². The Labute approximate surface area is 101 Å². The summed E-state index contributed by atoms with van der Waals surface area (Å²) in [6.07, 6.45) is 4.57. The van der Waals surface area contributed by atoms with E-state index >= 15 is 0 Å². The van der Waals surface area contributed by atoms with Gasteiger partial charge in [0.2, 0.25) is 5.91 Å². The average Bonchev–Trinajstić information content (AvgIpc) is 2.20. The van der Waals surface area contributed by atoms with Gasteiger partial charge < -0.3 is 15.1 Å². The molecule has 1 aliphatic carbocycles. The van der Waals surface area contributed by atoms with Crippen LogP contribution in [-0.2, 0) is 9.59 Å². The van der Waals surface area contributed by atoms with E-state index in [0.717, 1.165) is 19.3 Å². The van der Waals surface area contributed by atoms with E-state index in [0.29, 0.717) is 31.8 Å². The Morgan fingerprint density at radius 3 is 2.35 bits per heavy atom. The Kier molecular flexibility index (Phi) is 5.97. The molecular formula is C12H21NO4. The number of amides is 1. The molecule has 1 fully saturated rings. The monoisotopic (exact) mass is 243 g/mol. The van der Waals surface area contributed by atoms with Crippen LogP contribution in [0.4, 0.5) is 0 Å². The molecule has 0 spiro atoms. The molecule has 0 aliphatic heterocycles. The van der Waals surface area contributed by atoms with Gasteiger partial charge in [0.15, 0.2) is 0 Å². The maximum atomic E-state index is 11.9. The number of aliphatic hydroxyl groups is 1. The normalized spacial score (nSPS) is 15.4. The zero-order valence-electron chi connectivity index (χ0n) is 10.1. The van der Waals surface area contributed by atoms with E-state index in [1.165, 1.54) is 0 Å². The van der Waals surface area contributed by atoms with E-state index in [4.69, 9.17) is 10.2 Å². The number of aliphatic hydroxyl groups excluding tert-OH is 1. The summed E-state index contributed by atoms with van der Waals surface area (Å²) in [5, 5.41) is 17.3. The summed E-state index contributed by atoms with van der Waals surface area (Å²) in [5.74, 6) is -0.826. The predicted molar refractivity (Wildman–Crippen MR) is 62.5 cm³/mol. The second-order valence-corrected chi connectivity index (χ2v) is 4.50. The van der Waals surface area contributed by atoms with Gasteiger partial charge >= 0.3 is 5.97 Å². The smallest absolute Gasteiger partial charge is 0.303 e. The van der Waals surface area contributed by atoms with E-state index in [-0.39, 0.29) is 18.9 Å². The number of carboxylic acid groups (broad SMARTS) is 1. The van der Waals surface area contributed by atoms with Crippen LogP contribution in [0.5, 0.6) is 0 Å². The summed E-state index contributed by atoms with van der Waals surface area (Å²) < 4.78 is 0. The van der Waals surface area contributed by atoms with Gasteiger partial charge in [-0.3, -0.25) is 9.59 Å². The van der Waals surface area contributed by atoms with Crippen LogP contribution in [0.3, 0.4) is 0 Å². The standard InChI is InChI=1S/C12H21NO4/c14-9-3-8-13(10-4-1-5-10)11(15)6-2-7-12(16)17/h10,14H,1-9H2,(H,16,17). The molecule has 0 aromatic heterocycles. The van der Waals surface area contributed by atoms with Crippen LogP contribution < -0.4 is 0 Å². The molecule has 0 saturated heterocycles. The second-order valence-electron chi connectivity index (χ2n) is 4.50. The molecule has 1 amide bonds. The second kappa shape index (κ2) is 7.27. The molecule has 0 unspecified atom stereocenters. The van der Waals surface area contributed by atoms with Crippen LogP contribution in [0.1, 0.15) is 44.9 Å². The van der Waals surface area contributed by atoms with E-state index < -0.39 is 5.97 Å². The highest BCUT2D eigenvalue weighted by Gasteiger charge is 2.27. The van der Waals surface area contributed by atoms with Crippen LogP contribution in [0.15, 0.2) is 0 Å². The van der Waals surface area contributed by atoms with Crippen LogP contribution in [0.2, 0.25) is 0 Å². The zero-order valence-corrected chi connectivity index (χ0v) is 10.1. The van der Waals surface area contributed by atoms with Crippen LogP contribution in [-0.4, -0.2) is 46.2 Å². The molecule has 0 aromatic rings. The van der Waals surface area contributed by atoms with E-state index in [2.05, 4.69) is 0 Å². The van der Waals surface area contributed by atoms with Gasteiger partial charge in [0.25, 0.3) is 0 Å². The lowest BCUT2D eigenvalue weighted by Crippen LogP contribution is -2.44. The number of hydrogen-bond donors (Lipinski definition) is 2. The van der Waals surface area contributed by atoms with Gasteiger partial charge in [-0.05, 0) is 32.1 Å². The van der Waals surface area contributed by atoms with Crippen molar-refractivity contribution in [3.63, 3.8) is 0 Å². The maximum Gasteiger partial charge on any atom is 0.303 e. The van der Waals surface area contributed by atoms with E-state index in [9.17, 15) is 9.59 Å². The lowest BCUT2D eigenvalue weighted by Gasteiger charge is -2.37. The van der Waals surface area contributed by atoms with Crippen molar-refractivity contribution in [1.82, 2.24) is 4.90 Å². The minimum absolute atomic E-state index is 0.0319. The van der Waals surface area contributed by atoms with E-state index in [1.54, 1.807) is 0 Å². The summed E-state index contributed by atoms with van der Waals surface area (Å²) in [6.45, 7) is 0.679. The molecular weight excluding hydrogens is 222 g/mol. The first-order chi connectivity index (χ1) is 8.15. The topological polar surface area (TPSA) is 77.8 Å². The molecule has 1 rings (SSSR count). The Bertz CT molecular complexity index is 263. The highest BCUT2D eigenvalue weighted by molar-refractivity contribution is 5.77. The van der Waals surface area contributed by atoms with Crippen molar-refractivity contribution >= 4 is 11.9 Å². The summed E-state index contributed by atoms with van der Waals surface area (Å²) >= 11 is 0. The third-order valence-electron chi connectivity index (χ3n) is 3.17. The molecule has 0 heterocycles. The number of nitrogens with zero attached hydrogens (tertiary/aromatic N) is 1. The van der Waals surface area contributed by atoms with Gasteiger partial charge in [0.05, 0.1) is 0 Å². The molecule has 1 saturated carbocycles. The van der Waals surface area contributed by atoms with Crippen molar-refractivity contribution in [3.8, 4) is 0 Å². The minimum Gasteiger partial charge on any atom is -0.481 e. The van der Waals surface area contributed by atoms with Gasteiger partial charge in [-0.1, -0.05) is 0 Å². The van der Waals surface area contributed by atoms with Crippen molar-refractivity contribution in [2.45, 2.75) is 51.0 Å². The summed E-state index contributed by atoms with van der Waals surface area (Å²) in [6, 6.07) is 0.318. The third-order valence-corrected chi connectivity index (χ3v) is 3.17. The first-order valence-electron chi connectivity index (χ1n) is 6.27. The van der Waals surface area contributed by atoms with Crippen molar-refractivity contribution < 1.29 is 19.8 Å². The number of carbonyl (C=O) groups excluding carboxylic acids is 1. The minimum atomic E-state index is -0.858. The molecule has 2 N–H and O–H groups in total. The van der Waals surface area contributed by atoms with Crippen molar-refractivity contribution in [2.75, 3.05) is 13.2 Å². The molecule has 5 heteroatoms. The summed E-state index contributed by atoms with van der Waals surface area (Å²) in [5.41, 5.74) is 0. The first-order valence-corrected chi connectivity index (χ1v) is 6.27. The average molecular weight is 243 g/mol. The molecule has 0 aromatic carbocycles. The van der Waals surface area contributed by atoms with Crippen molar-refractivity contribution in [3.05, 3.63) is 0 Å². The van der Waals surface area contributed by atoms with Crippen LogP contribution >= 0.6 is 0 Å². The van der Waals surface area contributed by atoms with Gasteiger partial charge in [-0.15, -0.1) is 0 Å². The Morgan fingerprint density at radius 2 is 1.88 bits per heavy atom. The van der Waals surface area contributed by atoms with Crippen molar-refractivity contribution in [1.29, 1.82) is 0 Å². The number of carboxylic acids is 1. The fraction of sp³-hybridized carbons (Fsp3) is 0.833. The summed E-state index contributed by atoms with van der Waals surface area (Å²) in [4.78, 5) is 24.1. The molecule has 17 heavy (non-hydrogen) atoms. The number of carbonyl (C=O) groups is 2. The highest BCUT2D eigenvalue weighted by Crippen LogP contribution is 2.25. The molecule has 1 aliphatic rings. The Morgan fingerprint density at radius 1 is 1.18 bits per heavy atom. The molecule has 0 bridgehead atoms. The van der Waals surface area contributed by atoms with Crippen molar-refractivity contribution in [2.24, 2.45) is 0 Å². The molecule has 0 radical (unpaired) electrons. The first kappa shape index (κ1) is 14.0. The maximum absolute atomic E-state index is 11.9. The molecule has 5 nitrogen and oxygen atoms in total. The Balaban J connectivity index is 2.33. The van der Waals surface area contributed by atoms with Gasteiger partial charge in [0.1, 0.15) is 0 Å². The summed E-state index contributed by atoms with van der Waals surface area (Å²) in [7, 11) is 0. The third kappa shape index (κ3) is 4.73. The Hall–Kier alpha value is -1.10. The zero-order chi connectivity index (χ0) is 12.7. The highest BCUT2D eigenvalue weighted by atomic mass is 16.4. The molecule has 0 atom stereocenters. The lowest BCUT2D eigenvalue weighted by molar-refractivity contribution is -0.138. The fourth-order valence-electron chi connectivity index (χ4n) is 1.98. The number of aliphatic carboxylic acids is 1. The number of rotatable bonds is 8. The fourth-order valence-corrected chi connectivity index (χ4v) is 1.98. The van der Waals surface area contributed by atoms with Crippen LogP contribution in [0, 0.1) is 0 Å². The lowest BCUT2D eigenvalue weighted by atomic mass is 9.91. The van der Waals surface area contributed by atoms with Gasteiger partial charge in [-0.2, -0.15) is 0 Å². The largest absolute Gasteiger partial charge is 0.481 e. The molecule has 98 valence electrons. The van der Waals surface area contributed by atoms with Crippen LogP contribution in [0.25, 0.3) is 0 Å².